The van der Waals surface area contributed by atoms with E-state index in [0.29, 0.717) is 5.69 Å². The first-order chi connectivity index (χ1) is 9.06. The summed E-state index contributed by atoms with van der Waals surface area (Å²) < 4.78 is 1.50. The van der Waals surface area contributed by atoms with Gasteiger partial charge >= 0.3 is 5.97 Å². The number of fused-ring (bicyclic) bond motifs is 1. The molecule has 0 fully saturated rings. The Bertz CT molecular complexity index is 785. The number of carboxylic acid groups (broad SMARTS) is 1. The number of benzene rings is 1. The van der Waals surface area contributed by atoms with Gasteiger partial charge < -0.3 is 14.7 Å². The highest BCUT2D eigenvalue weighted by atomic mass is 16.4. The van der Waals surface area contributed by atoms with Gasteiger partial charge in [0.15, 0.2) is 5.69 Å². The average Bonchev–Trinajstić information content (AvgIpc) is 2.89. The molecule has 3 aromatic rings. The Hall–Kier alpha value is -2.63. The van der Waals surface area contributed by atoms with Gasteiger partial charge in [-0.1, -0.05) is 6.07 Å². The number of rotatable bonds is 2. The van der Waals surface area contributed by atoms with Gasteiger partial charge in [0, 0.05) is 12.6 Å². The van der Waals surface area contributed by atoms with Crippen LogP contribution in [0.5, 0.6) is 0 Å². The van der Waals surface area contributed by atoms with Gasteiger partial charge in [-0.3, -0.25) is 0 Å². The van der Waals surface area contributed by atoms with E-state index in [1.807, 2.05) is 25.1 Å². The van der Waals surface area contributed by atoms with Gasteiger partial charge in [-0.05, 0) is 19.1 Å². The number of aromatic carboxylic acids is 1. The molecule has 6 heteroatoms. The van der Waals surface area contributed by atoms with Gasteiger partial charge in [-0.15, -0.1) is 0 Å². The van der Waals surface area contributed by atoms with Crippen molar-refractivity contribution in [2.45, 2.75) is 6.92 Å². The molecule has 3 rings (SSSR count). The Labute approximate surface area is 108 Å². The lowest BCUT2D eigenvalue weighted by Crippen LogP contribution is -2.05. The average molecular weight is 256 g/mol. The summed E-state index contributed by atoms with van der Waals surface area (Å²) in [7, 11) is 1.67. The number of carboxylic acids is 1. The van der Waals surface area contributed by atoms with Crippen LogP contribution in [0.3, 0.4) is 0 Å². The van der Waals surface area contributed by atoms with E-state index in [4.69, 9.17) is 0 Å². The second-order valence-corrected chi connectivity index (χ2v) is 4.41. The smallest absolute Gasteiger partial charge is 0.354 e. The number of carbonyl (C=O) groups is 1. The largest absolute Gasteiger partial charge is 0.477 e. The van der Waals surface area contributed by atoms with Crippen molar-refractivity contribution in [3.8, 4) is 11.3 Å². The van der Waals surface area contributed by atoms with Gasteiger partial charge in [0.1, 0.15) is 11.5 Å². The van der Waals surface area contributed by atoms with Gasteiger partial charge in [-0.2, -0.15) is 0 Å². The molecule has 0 amide bonds. The van der Waals surface area contributed by atoms with Crippen molar-refractivity contribution < 1.29 is 9.90 Å². The molecule has 0 aliphatic carbocycles. The number of aryl methyl sites for hydroxylation is 2. The van der Waals surface area contributed by atoms with Crippen molar-refractivity contribution in [2.24, 2.45) is 7.05 Å². The van der Waals surface area contributed by atoms with Crippen molar-refractivity contribution in [3.63, 3.8) is 0 Å². The standard InChI is InChI=1S/C13H12N4O2/c1-7-15-9-4-3-8(5-10(9)16-7)11-12(13(18)19)17(2)6-14-11/h3-6H,1-2H3,(H,15,16)(H,18,19). The summed E-state index contributed by atoms with van der Waals surface area (Å²) in [6.45, 7) is 1.88. The summed E-state index contributed by atoms with van der Waals surface area (Å²) in [6, 6.07) is 5.55. The number of hydrogen-bond donors (Lipinski definition) is 2. The lowest BCUT2D eigenvalue weighted by molar-refractivity contribution is 0.0687. The molecule has 2 aromatic heterocycles. The summed E-state index contributed by atoms with van der Waals surface area (Å²) >= 11 is 0. The molecule has 19 heavy (non-hydrogen) atoms. The Morgan fingerprint density at radius 2 is 2.21 bits per heavy atom. The first-order valence-corrected chi connectivity index (χ1v) is 5.77. The number of aromatic amines is 1. The number of aromatic nitrogens is 4. The number of hydrogen-bond acceptors (Lipinski definition) is 3. The molecular weight excluding hydrogens is 244 g/mol. The van der Waals surface area contributed by atoms with E-state index in [9.17, 15) is 9.90 Å². The SMILES string of the molecule is Cc1nc2ccc(-c3ncn(C)c3C(=O)O)cc2[nH]1. The van der Waals surface area contributed by atoms with Crippen LogP contribution in [0.2, 0.25) is 0 Å². The van der Waals surface area contributed by atoms with Crippen molar-refractivity contribution in [1.29, 1.82) is 0 Å². The molecule has 1 aromatic carbocycles. The topological polar surface area (TPSA) is 83.8 Å². The zero-order valence-electron chi connectivity index (χ0n) is 10.5. The van der Waals surface area contributed by atoms with E-state index in [1.54, 1.807) is 7.05 Å². The molecule has 0 saturated carbocycles. The van der Waals surface area contributed by atoms with Crippen LogP contribution in [0.1, 0.15) is 16.3 Å². The highest BCUT2D eigenvalue weighted by Gasteiger charge is 2.17. The maximum absolute atomic E-state index is 11.3. The monoisotopic (exact) mass is 256 g/mol. The quantitative estimate of drug-likeness (QED) is 0.734. The Balaban J connectivity index is 2.21. The van der Waals surface area contributed by atoms with Crippen LogP contribution in [0.15, 0.2) is 24.5 Å². The van der Waals surface area contributed by atoms with Crippen LogP contribution < -0.4 is 0 Å². The zero-order chi connectivity index (χ0) is 13.6. The summed E-state index contributed by atoms with van der Waals surface area (Å²) in [5.74, 6) is -0.164. The predicted molar refractivity (Wildman–Crippen MR) is 70.0 cm³/mol. The van der Waals surface area contributed by atoms with Gasteiger partial charge in [0.2, 0.25) is 0 Å². The third-order valence-electron chi connectivity index (χ3n) is 3.01. The van der Waals surface area contributed by atoms with Crippen molar-refractivity contribution >= 4 is 17.0 Å². The third-order valence-corrected chi connectivity index (χ3v) is 3.01. The van der Waals surface area contributed by atoms with Gasteiger partial charge in [0.25, 0.3) is 0 Å². The van der Waals surface area contributed by atoms with Gasteiger partial charge in [-0.25, -0.2) is 14.8 Å². The lowest BCUT2D eigenvalue weighted by Gasteiger charge is -2.01. The maximum Gasteiger partial charge on any atom is 0.354 e. The molecule has 96 valence electrons. The van der Waals surface area contributed by atoms with Crippen LogP contribution in [-0.4, -0.2) is 30.6 Å². The Morgan fingerprint density at radius 3 is 2.95 bits per heavy atom. The molecule has 0 bridgehead atoms. The van der Waals surface area contributed by atoms with E-state index in [2.05, 4.69) is 15.0 Å². The Kier molecular flexibility index (Phi) is 2.38. The number of nitrogens with zero attached hydrogens (tertiary/aromatic N) is 3. The summed E-state index contributed by atoms with van der Waals surface area (Å²) in [4.78, 5) is 22.9. The molecule has 0 spiro atoms. The molecule has 0 radical (unpaired) electrons. The zero-order valence-corrected chi connectivity index (χ0v) is 10.5. The lowest BCUT2D eigenvalue weighted by atomic mass is 10.1. The fourth-order valence-corrected chi connectivity index (χ4v) is 2.18. The third kappa shape index (κ3) is 1.77. The fraction of sp³-hybridized carbons (Fsp3) is 0.154. The second kappa shape index (κ2) is 3.94. The highest BCUT2D eigenvalue weighted by molar-refractivity contribution is 5.94. The minimum Gasteiger partial charge on any atom is -0.477 e. The van der Waals surface area contributed by atoms with Gasteiger partial charge in [0.05, 0.1) is 17.4 Å². The van der Waals surface area contributed by atoms with E-state index in [1.165, 1.54) is 10.9 Å². The van der Waals surface area contributed by atoms with Crippen molar-refractivity contribution in [3.05, 3.63) is 36.0 Å². The molecule has 2 N–H and O–H groups in total. The van der Waals surface area contributed by atoms with E-state index in [-0.39, 0.29) is 5.69 Å². The molecular formula is C13H12N4O2. The van der Waals surface area contributed by atoms with Crippen LogP contribution in [0.4, 0.5) is 0 Å². The molecule has 0 aliphatic heterocycles. The maximum atomic E-state index is 11.3. The van der Waals surface area contributed by atoms with Crippen LogP contribution >= 0.6 is 0 Å². The number of nitrogens with one attached hydrogen (secondary N) is 1. The van der Waals surface area contributed by atoms with E-state index < -0.39 is 5.97 Å². The predicted octanol–water partition coefficient (Wildman–Crippen LogP) is 1.97. The van der Waals surface area contributed by atoms with Crippen LogP contribution in [-0.2, 0) is 7.05 Å². The number of H-pyrrole nitrogens is 1. The first-order valence-electron chi connectivity index (χ1n) is 5.77. The van der Waals surface area contributed by atoms with Crippen molar-refractivity contribution in [2.75, 3.05) is 0 Å². The minimum absolute atomic E-state index is 0.176. The number of imidazole rings is 2. The highest BCUT2D eigenvalue weighted by Crippen LogP contribution is 2.25. The van der Waals surface area contributed by atoms with Crippen LogP contribution in [0, 0.1) is 6.92 Å². The molecule has 0 atom stereocenters. The minimum atomic E-state index is -0.990. The first kappa shape index (κ1) is 11.5. The van der Waals surface area contributed by atoms with Crippen LogP contribution in [0.25, 0.3) is 22.3 Å². The second-order valence-electron chi connectivity index (χ2n) is 4.41. The molecule has 0 saturated heterocycles. The summed E-state index contributed by atoms with van der Waals surface area (Å²) in [5, 5.41) is 9.23. The fourth-order valence-electron chi connectivity index (χ4n) is 2.18. The Morgan fingerprint density at radius 1 is 1.42 bits per heavy atom. The molecule has 0 unspecified atom stereocenters. The summed E-state index contributed by atoms with van der Waals surface area (Å²) in [6.07, 6.45) is 1.50. The van der Waals surface area contributed by atoms with E-state index >= 15 is 0 Å². The molecule has 2 heterocycles. The van der Waals surface area contributed by atoms with E-state index in [0.717, 1.165) is 22.4 Å². The van der Waals surface area contributed by atoms with Crippen molar-refractivity contribution in [1.82, 2.24) is 19.5 Å². The molecule has 0 aliphatic rings. The summed E-state index contributed by atoms with van der Waals surface area (Å²) in [5.41, 5.74) is 3.12. The molecule has 6 nitrogen and oxygen atoms in total. The normalized spacial score (nSPS) is 11.1.